The van der Waals surface area contributed by atoms with Crippen molar-refractivity contribution in [3.8, 4) is 0 Å². The highest BCUT2D eigenvalue weighted by Crippen LogP contribution is 2.25. The second-order valence-corrected chi connectivity index (χ2v) is 8.04. The smallest absolute Gasteiger partial charge is 0.258 e. The molecule has 1 aromatic heterocycles. The Hall–Kier alpha value is -1.84. The van der Waals surface area contributed by atoms with E-state index in [0.29, 0.717) is 11.3 Å². The van der Waals surface area contributed by atoms with Crippen LogP contribution in [-0.4, -0.2) is 29.7 Å². The summed E-state index contributed by atoms with van der Waals surface area (Å²) in [5.74, 6) is 0. The minimum Gasteiger partial charge on any atom is -0.258 e. The van der Waals surface area contributed by atoms with Gasteiger partial charge in [-0.25, -0.2) is 13.4 Å². The number of rotatable bonds is 6. The van der Waals surface area contributed by atoms with Gasteiger partial charge in [0, 0.05) is 24.1 Å². The summed E-state index contributed by atoms with van der Waals surface area (Å²) in [6.45, 7) is 3.68. The van der Waals surface area contributed by atoms with Gasteiger partial charge in [0.1, 0.15) is 0 Å². The molecule has 0 unspecified atom stereocenters. The Morgan fingerprint density at radius 2 is 2.09 bits per heavy atom. The average molecular weight is 355 g/mol. The summed E-state index contributed by atoms with van der Waals surface area (Å²) in [7, 11) is -2.38. The zero-order valence-corrected chi connectivity index (χ0v) is 14.6. The lowest BCUT2D eigenvalue weighted by Crippen LogP contribution is -2.26. The van der Waals surface area contributed by atoms with Crippen LogP contribution < -0.4 is 0 Å². The number of sulfonamides is 1. The van der Waals surface area contributed by atoms with Crippen molar-refractivity contribution >= 4 is 27.0 Å². The van der Waals surface area contributed by atoms with Crippen molar-refractivity contribution in [3.05, 3.63) is 50.0 Å². The van der Waals surface area contributed by atoms with E-state index < -0.39 is 14.9 Å². The normalized spacial score (nSPS) is 11.8. The number of nitro benzene ring substituents is 1. The lowest BCUT2D eigenvalue weighted by molar-refractivity contribution is -0.385. The molecule has 0 bridgehead atoms. The standard InChI is InChI=1S/C14H17N3O4S2/c1-4-14-15-11(9-22-14)8-16(3)23(20,21)12-6-5-10(2)13(7-12)17(18)19/h5-7,9H,4,8H2,1-3H3. The van der Waals surface area contributed by atoms with Crippen LogP contribution in [0, 0.1) is 17.0 Å². The van der Waals surface area contributed by atoms with Crippen molar-refractivity contribution < 1.29 is 13.3 Å². The van der Waals surface area contributed by atoms with Crippen LogP contribution in [0.25, 0.3) is 0 Å². The van der Waals surface area contributed by atoms with E-state index in [2.05, 4.69) is 4.98 Å². The maximum atomic E-state index is 12.6. The van der Waals surface area contributed by atoms with Crippen LogP contribution in [0.2, 0.25) is 0 Å². The van der Waals surface area contributed by atoms with E-state index in [0.717, 1.165) is 21.8 Å². The predicted molar refractivity (Wildman–Crippen MR) is 88.0 cm³/mol. The molecule has 7 nitrogen and oxygen atoms in total. The highest BCUT2D eigenvalue weighted by Gasteiger charge is 2.24. The van der Waals surface area contributed by atoms with E-state index >= 15 is 0 Å². The minimum absolute atomic E-state index is 0.0942. The molecule has 0 radical (unpaired) electrons. The number of nitrogens with zero attached hydrogens (tertiary/aromatic N) is 3. The van der Waals surface area contributed by atoms with Gasteiger partial charge in [-0.15, -0.1) is 11.3 Å². The largest absolute Gasteiger partial charge is 0.273 e. The highest BCUT2D eigenvalue weighted by molar-refractivity contribution is 7.89. The van der Waals surface area contributed by atoms with E-state index in [9.17, 15) is 18.5 Å². The van der Waals surface area contributed by atoms with Gasteiger partial charge in [0.05, 0.1) is 27.1 Å². The molecule has 2 rings (SSSR count). The predicted octanol–water partition coefficient (Wildman–Crippen LogP) is 2.74. The maximum Gasteiger partial charge on any atom is 0.273 e. The molecule has 0 fully saturated rings. The second-order valence-electron chi connectivity index (χ2n) is 5.05. The lowest BCUT2D eigenvalue weighted by atomic mass is 10.2. The SMILES string of the molecule is CCc1nc(CN(C)S(=O)(=O)c2ccc(C)c([N+](=O)[O-])c2)cs1. The summed E-state index contributed by atoms with van der Waals surface area (Å²) >= 11 is 1.48. The molecule has 0 aliphatic rings. The number of hydrogen-bond acceptors (Lipinski definition) is 6. The molecule has 1 heterocycles. The van der Waals surface area contributed by atoms with Crippen molar-refractivity contribution in [1.82, 2.24) is 9.29 Å². The van der Waals surface area contributed by atoms with Crippen LogP contribution in [0.4, 0.5) is 5.69 Å². The van der Waals surface area contributed by atoms with Gasteiger partial charge >= 0.3 is 0 Å². The Kier molecular flexibility index (Phi) is 5.12. The Bertz CT molecular complexity index is 830. The van der Waals surface area contributed by atoms with E-state index in [1.807, 2.05) is 12.3 Å². The molecule has 0 atom stereocenters. The van der Waals surface area contributed by atoms with E-state index in [4.69, 9.17) is 0 Å². The van der Waals surface area contributed by atoms with Gasteiger partial charge in [-0.05, 0) is 19.4 Å². The van der Waals surface area contributed by atoms with E-state index in [-0.39, 0.29) is 17.1 Å². The van der Waals surface area contributed by atoms with Gasteiger partial charge in [-0.1, -0.05) is 13.0 Å². The van der Waals surface area contributed by atoms with Crippen LogP contribution in [0.15, 0.2) is 28.5 Å². The Morgan fingerprint density at radius 3 is 2.65 bits per heavy atom. The van der Waals surface area contributed by atoms with Gasteiger partial charge in [-0.2, -0.15) is 4.31 Å². The van der Waals surface area contributed by atoms with E-state index in [1.54, 1.807) is 6.92 Å². The molecule has 9 heteroatoms. The van der Waals surface area contributed by atoms with Crippen LogP contribution in [-0.2, 0) is 23.0 Å². The third kappa shape index (κ3) is 3.74. The summed E-state index contributed by atoms with van der Waals surface area (Å²) in [5, 5.41) is 13.7. The van der Waals surface area contributed by atoms with Crippen LogP contribution in [0.1, 0.15) is 23.2 Å². The fourth-order valence-corrected chi connectivity index (χ4v) is 3.92. The third-order valence-corrected chi connectivity index (χ3v) is 6.21. The first-order valence-electron chi connectivity index (χ1n) is 6.90. The average Bonchev–Trinajstić information content (AvgIpc) is 2.94. The summed E-state index contributed by atoms with van der Waals surface area (Å²) < 4.78 is 26.3. The minimum atomic E-state index is -3.81. The van der Waals surface area contributed by atoms with Gasteiger partial charge in [0.25, 0.3) is 5.69 Å². The topological polar surface area (TPSA) is 93.4 Å². The number of hydrogen-bond donors (Lipinski definition) is 0. The Labute approximate surface area is 138 Å². The molecule has 0 aliphatic heterocycles. The molecule has 1 aromatic carbocycles. The summed E-state index contributed by atoms with van der Waals surface area (Å²) in [6, 6.07) is 3.92. The maximum absolute atomic E-state index is 12.6. The first-order valence-corrected chi connectivity index (χ1v) is 9.22. The first kappa shape index (κ1) is 17.5. The summed E-state index contributed by atoms with van der Waals surface area (Å²) in [6.07, 6.45) is 0.797. The van der Waals surface area contributed by atoms with E-state index in [1.165, 1.54) is 30.5 Å². The quantitative estimate of drug-likeness (QED) is 0.587. The van der Waals surface area contributed by atoms with Gasteiger partial charge < -0.3 is 0 Å². The van der Waals surface area contributed by atoms with Gasteiger partial charge in [0.15, 0.2) is 0 Å². The number of aryl methyl sites for hydroxylation is 2. The van der Waals surface area contributed by atoms with Gasteiger partial charge in [0.2, 0.25) is 10.0 Å². The zero-order chi connectivity index (χ0) is 17.2. The third-order valence-electron chi connectivity index (χ3n) is 3.37. The lowest BCUT2D eigenvalue weighted by Gasteiger charge is -2.16. The molecular weight excluding hydrogens is 338 g/mol. The molecule has 0 saturated carbocycles. The van der Waals surface area contributed by atoms with Crippen molar-refractivity contribution in [2.24, 2.45) is 0 Å². The fraction of sp³-hybridized carbons (Fsp3) is 0.357. The van der Waals surface area contributed by atoms with Crippen molar-refractivity contribution in [2.45, 2.75) is 31.7 Å². The van der Waals surface area contributed by atoms with Crippen LogP contribution >= 0.6 is 11.3 Å². The zero-order valence-electron chi connectivity index (χ0n) is 13.0. The monoisotopic (exact) mass is 355 g/mol. The number of nitro groups is 1. The second kappa shape index (κ2) is 6.73. The molecular formula is C14H17N3O4S2. The van der Waals surface area contributed by atoms with Crippen LogP contribution in [0.5, 0.6) is 0 Å². The molecule has 0 amide bonds. The van der Waals surface area contributed by atoms with Crippen LogP contribution in [0.3, 0.4) is 0 Å². The molecule has 2 aromatic rings. The number of benzene rings is 1. The molecule has 0 aliphatic carbocycles. The molecule has 124 valence electrons. The number of thiazole rings is 1. The summed E-state index contributed by atoms with van der Waals surface area (Å²) in [5.41, 5.74) is 0.879. The molecule has 0 N–H and O–H groups in total. The van der Waals surface area contributed by atoms with Crippen molar-refractivity contribution in [1.29, 1.82) is 0 Å². The highest BCUT2D eigenvalue weighted by atomic mass is 32.2. The number of aromatic nitrogens is 1. The molecule has 0 saturated heterocycles. The van der Waals surface area contributed by atoms with Crippen molar-refractivity contribution in [3.63, 3.8) is 0 Å². The summed E-state index contributed by atoms with van der Waals surface area (Å²) in [4.78, 5) is 14.7. The Balaban J connectivity index is 2.30. The Morgan fingerprint density at radius 1 is 1.39 bits per heavy atom. The van der Waals surface area contributed by atoms with Gasteiger partial charge in [-0.3, -0.25) is 10.1 Å². The van der Waals surface area contributed by atoms with Crippen molar-refractivity contribution in [2.75, 3.05) is 7.05 Å². The molecule has 23 heavy (non-hydrogen) atoms. The fourth-order valence-electron chi connectivity index (χ4n) is 2.02. The molecule has 0 spiro atoms. The first-order chi connectivity index (χ1) is 10.8.